The van der Waals surface area contributed by atoms with Crippen LogP contribution in [0.3, 0.4) is 0 Å². The number of carbonyl (C=O) groups excluding carboxylic acids is 1. The molecule has 4 nitrogen and oxygen atoms in total. The number of hydrogen-bond acceptors (Lipinski definition) is 2. The molecule has 4 rings (SSSR count). The lowest BCUT2D eigenvalue weighted by molar-refractivity contribution is 0.0955. The number of rotatable bonds is 4. The van der Waals surface area contributed by atoms with E-state index in [4.69, 9.17) is 11.6 Å². The third-order valence-electron chi connectivity index (χ3n) is 4.26. The predicted octanol–water partition coefficient (Wildman–Crippen LogP) is 5.05. The summed E-state index contributed by atoms with van der Waals surface area (Å²) < 4.78 is 1.96. The minimum absolute atomic E-state index is 0.249. The average Bonchev–Trinajstić information content (AvgIpc) is 3.16. The van der Waals surface area contributed by atoms with E-state index >= 15 is 0 Å². The standard InChI is InChI=1S/C22H16ClN3O/c23-19-9-11-20(12-10-19)26-13-3-6-21(26)15-24-25-22(27)18-8-7-16-4-1-2-5-17(16)14-18/h1-15H,(H,25,27)/b24-15-. The third-order valence-corrected chi connectivity index (χ3v) is 4.51. The maximum Gasteiger partial charge on any atom is 0.271 e. The van der Waals surface area contributed by atoms with Crippen LogP contribution in [-0.2, 0) is 0 Å². The topological polar surface area (TPSA) is 46.4 Å². The highest BCUT2D eigenvalue weighted by atomic mass is 35.5. The van der Waals surface area contributed by atoms with E-state index in [0.29, 0.717) is 10.6 Å². The summed E-state index contributed by atoms with van der Waals surface area (Å²) in [4.78, 5) is 12.4. The van der Waals surface area contributed by atoms with Crippen molar-refractivity contribution in [2.45, 2.75) is 0 Å². The van der Waals surface area contributed by atoms with Gasteiger partial charge in [0.25, 0.3) is 5.91 Å². The number of halogens is 1. The fourth-order valence-corrected chi connectivity index (χ4v) is 3.01. The summed E-state index contributed by atoms with van der Waals surface area (Å²) in [7, 11) is 0. The molecule has 1 heterocycles. The Bertz CT molecular complexity index is 1130. The molecule has 0 aliphatic carbocycles. The molecule has 1 aromatic heterocycles. The van der Waals surface area contributed by atoms with E-state index in [0.717, 1.165) is 22.2 Å². The lowest BCUT2D eigenvalue weighted by Gasteiger charge is -2.06. The second-order valence-electron chi connectivity index (χ2n) is 6.04. The minimum atomic E-state index is -0.249. The Hall–Kier alpha value is -3.37. The number of nitrogens with one attached hydrogen (secondary N) is 1. The molecule has 0 spiro atoms. The lowest BCUT2D eigenvalue weighted by Crippen LogP contribution is -2.17. The van der Waals surface area contributed by atoms with Gasteiger partial charge in [-0.25, -0.2) is 5.43 Å². The third kappa shape index (κ3) is 3.76. The van der Waals surface area contributed by atoms with E-state index in [1.54, 1.807) is 12.3 Å². The number of fused-ring (bicyclic) bond motifs is 1. The van der Waals surface area contributed by atoms with Crippen molar-refractivity contribution in [3.63, 3.8) is 0 Å². The van der Waals surface area contributed by atoms with E-state index in [9.17, 15) is 4.79 Å². The van der Waals surface area contributed by atoms with Crippen molar-refractivity contribution in [1.29, 1.82) is 0 Å². The van der Waals surface area contributed by atoms with Gasteiger partial charge in [0.1, 0.15) is 0 Å². The Balaban J connectivity index is 1.50. The van der Waals surface area contributed by atoms with E-state index in [1.165, 1.54) is 0 Å². The second kappa shape index (κ2) is 7.48. The summed E-state index contributed by atoms with van der Waals surface area (Å²) in [6.45, 7) is 0. The lowest BCUT2D eigenvalue weighted by atomic mass is 10.1. The summed E-state index contributed by atoms with van der Waals surface area (Å²) in [6, 6.07) is 24.9. The van der Waals surface area contributed by atoms with Gasteiger partial charge in [-0.05, 0) is 59.3 Å². The predicted molar refractivity (Wildman–Crippen MR) is 110 cm³/mol. The van der Waals surface area contributed by atoms with Crippen LogP contribution in [-0.4, -0.2) is 16.7 Å². The molecular weight excluding hydrogens is 358 g/mol. The quantitative estimate of drug-likeness (QED) is 0.395. The second-order valence-corrected chi connectivity index (χ2v) is 6.48. The van der Waals surface area contributed by atoms with Gasteiger partial charge in [0.15, 0.2) is 0 Å². The first-order valence-corrected chi connectivity index (χ1v) is 8.84. The Morgan fingerprint density at radius 1 is 0.926 bits per heavy atom. The first-order valence-electron chi connectivity index (χ1n) is 8.46. The Labute approximate surface area is 161 Å². The van der Waals surface area contributed by atoms with Gasteiger partial charge in [-0.15, -0.1) is 0 Å². The zero-order valence-corrected chi connectivity index (χ0v) is 15.1. The van der Waals surface area contributed by atoms with Gasteiger partial charge in [-0.3, -0.25) is 4.79 Å². The zero-order chi connectivity index (χ0) is 18.6. The highest BCUT2D eigenvalue weighted by molar-refractivity contribution is 6.30. The minimum Gasteiger partial charge on any atom is -0.316 e. The van der Waals surface area contributed by atoms with Crippen LogP contribution in [0, 0.1) is 0 Å². The molecule has 132 valence electrons. The molecule has 0 fully saturated rings. The van der Waals surface area contributed by atoms with Crippen LogP contribution in [0.15, 0.2) is 90.2 Å². The van der Waals surface area contributed by atoms with Crippen LogP contribution in [0.25, 0.3) is 16.5 Å². The van der Waals surface area contributed by atoms with Crippen LogP contribution in [0.1, 0.15) is 16.1 Å². The Morgan fingerprint density at radius 2 is 1.70 bits per heavy atom. The van der Waals surface area contributed by atoms with Crippen molar-refractivity contribution in [1.82, 2.24) is 9.99 Å². The number of amides is 1. The van der Waals surface area contributed by atoms with Crippen LogP contribution < -0.4 is 5.43 Å². The maximum absolute atomic E-state index is 12.4. The van der Waals surface area contributed by atoms with Crippen LogP contribution in [0.4, 0.5) is 0 Å². The fourth-order valence-electron chi connectivity index (χ4n) is 2.89. The van der Waals surface area contributed by atoms with Crippen molar-refractivity contribution in [3.05, 3.63) is 101 Å². The van der Waals surface area contributed by atoms with Gasteiger partial charge in [0.05, 0.1) is 11.9 Å². The Kier molecular flexibility index (Phi) is 4.73. The molecule has 0 saturated carbocycles. The van der Waals surface area contributed by atoms with E-state index in [-0.39, 0.29) is 5.91 Å². The molecule has 27 heavy (non-hydrogen) atoms. The van der Waals surface area contributed by atoms with Crippen LogP contribution in [0.5, 0.6) is 0 Å². The summed E-state index contributed by atoms with van der Waals surface area (Å²) in [5, 5.41) is 6.90. The van der Waals surface area contributed by atoms with Crippen molar-refractivity contribution in [2.75, 3.05) is 0 Å². The van der Waals surface area contributed by atoms with E-state index in [1.807, 2.05) is 83.6 Å². The molecule has 0 bridgehead atoms. The number of hydrazone groups is 1. The maximum atomic E-state index is 12.4. The highest BCUT2D eigenvalue weighted by Gasteiger charge is 2.06. The van der Waals surface area contributed by atoms with Crippen molar-refractivity contribution in [3.8, 4) is 5.69 Å². The van der Waals surface area contributed by atoms with Crippen molar-refractivity contribution < 1.29 is 4.79 Å². The van der Waals surface area contributed by atoms with E-state index < -0.39 is 0 Å². The number of aromatic nitrogens is 1. The average molecular weight is 374 g/mol. The zero-order valence-electron chi connectivity index (χ0n) is 14.3. The first-order chi connectivity index (χ1) is 13.2. The summed E-state index contributed by atoms with van der Waals surface area (Å²) in [6.07, 6.45) is 3.54. The first kappa shape index (κ1) is 17.1. The molecule has 1 amide bonds. The molecule has 0 atom stereocenters. The molecule has 0 radical (unpaired) electrons. The number of carbonyl (C=O) groups is 1. The van der Waals surface area contributed by atoms with Crippen molar-refractivity contribution >= 4 is 34.5 Å². The number of benzene rings is 3. The van der Waals surface area contributed by atoms with Gasteiger partial charge < -0.3 is 4.57 Å². The molecule has 4 aromatic rings. The van der Waals surface area contributed by atoms with Crippen LogP contribution >= 0.6 is 11.6 Å². The molecule has 1 N–H and O–H groups in total. The largest absolute Gasteiger partial charge is 0.316 e. The molecule has 0 unspecified atom stereocenters. The highest BCUT2D eigenvalue weighted by Crippen LogP contribution is 2.16. The summed E-state index contributed by atoms with van der Waals surface area (Å²) in [5.41, 5.74) is 4.96. The molecule has 3 aromatic carbocycles. The number of hydrogen-bond donors (Lipinski definition) is 1. The smallest absolute Gasteiger partial charge is 0.271 e. The van der Waals surface area contributed by atoms with Gasteiger partial charge in [-0.2, -0.15) is 5.10 Å². The van der Waals surface area contributed by atoms with Gasteiger partial charge >= 0.3 is 0 Å². The normalized spacial score (nSPS) is 11.1. The SMILES string of the molecule is O=C(N/N=C\c1cccn1-c1ccc(Cl)cc1)c1ccc2ccccc2c1. The van der Waals surface area contributed by atoms with Gasteiger partial charge in [0.2, 0.25) is 0 Å². The van der Waals surface area contributed by atoms with Gasteiger partial charge in [-0.1, -0.05) is 41.9 Å². The molecule has 0 aliphatic rings. The summed E-state index contributed by atoms with van der Waals surface area (Å²) in [5.74, 6) is -0.249. The van der Waals surface area contributed by atoms with E-state index in [2.05, 4.69) is 10.5 Å². The molecule has 5 heteroatoms. The van der Waals surface area contributed by atoms with Crippen LogP contribution in [0.2, 0.25) is 5.02 Å². The Morgan fingerprint density at radius 3 is 2.52 bits per heavy atom. The van der Waals surface area contributed by atoms with Gasteiger partial charge in [0, 0.05) is 22.5 Å². The number of nitrogens with zero attached hydrogens (tertiary/aromatic N) is 2. The fraction of sp³-hybridized carbons (Fsp3) is 0. The molecule has 0 aliphatic heterocycles. The molecule has 0 saturated heterocycles. The molecular formula is C22H16ClN3O. The monoisotopic (exact) mass is 373 g/mol. The summed E-state index contributed by atoms with van der Waals surface area (Å²) >= 11 is 5.94. The van der Waals surface area contributed by atoms with Crippen molar-refractivity contribution in [2.24, 2.45) is 5.10 Å².